The second-order valence-electron chi connectivity index (χ2n) is 10.9. The number of pyridine rings is 1. The number of hydrogen-bond acceptors (Lipinski definition) is 6. The lowest BCUT2D eigenvalue weighted by Crippen LogP contribution is -2.27. The summed E-state index contributed by atoms with van der Waals surface area (Å²) in [6.45, 7) is 9.07. The van der Waals surface area contributed by atoms with E-state index in [2.05, 4.69) is 0 Å². The molecule has 7 nitrogen and oxygen atoms in total. The van der Waals surface area contributed by atoms with Crippen LogP contribution < -0.4 is 10.3 Å². The van der Waals surface area contributed by atoms with Crippen molar-refractivity contribution in [3.05, 3.63) is 87.1 Å². The lowest BCUT2D eigenvalue weighted by molar-refractivity contribution is 0.103. The SMILES string of the molecule is CCS(=O)(=O)Cc1ccc(C(=O)c2ccc(OC)c(F)c2)c(-c2cn(C)c(=O)cc2[C@H](C)C[S@@](=O)C(C)(C)C)c1. The number of carbonyl (C=O) groups is 1. The number of hydrogen-bond donors (Lipinski definition) is 0. The molecule has 0 aliphatic carbocycles. The van der Waals surface area contributed by atoms with E-state index in [1.54, 1.807) is 32.3 Å². The van der Waals surface area contributed by atoms with Gasteiger partial charge in [0, 0.05) is 63.1 Å². The van der Waals surface area contributed by atoms with E-state index in [0.29, 0.717) is 22.3 Å². The zero-order valence-electron chi connectivity index (χ0n) is 23.9. The third kappa shape index (κ3) is 7.14. The summed E-state index contributed by atoms with van der Waals surface area (Å²) in [5, 5.41) is 0. The van der Waals surface area contributed by atoms with Crippen molar-refractivity contribution in [3.8, 4) is 16.9 Å². The Hall–Kier alpha value is -3.11. The normalized spacial score (nSPS) is 13.6. The third-order valence-electron chi connectivity index (χ3n) is 6.73. The smallest absolute Gasteiger partial charge is 0.250 e. The van der Waals surface area contributed by atoms with E-state index in [4.69, 9.17) is 4.74 Å². The number of ketones is 1. The van der Waals surface area contributed by atoms with Gasteiger partial charge < -0.3 is 9.30 Å². The highest BCUT2D eigenvalue weighted by Gasteiger charge is 2.26. The van der Waals surface area contributed by atoms with Gasteiger partial charge in [-0.15, -0.1) is 0 Å². The Bertz CT molecular complexity index is 1620. The first-order valence-electron chi connectivity index (χ1n) is 12.9. The fourth-order valence-corrected chi connectivity index (χ4v) is 6.29. The maximum absolute atomic E-state index is 14.5. The van der Waals surface area contributed by atoms with Gasteiger partial charge in [0.25, 0.3) is 5.56 Å². The van der Waals surface area contributed by atoms with Crippen LogP contribution in [0.2, 0.25) is 0 Å². The molecule has 10 heteroatoms. The fourth-order valence-electron chi connectivity index (χ4n) is 4.27. The van der Waals surface area contributed by atoms with Crippen LogP contribution in [-0.2, 0) is 33.4 Å². The summed E-state index contributed by atoms with van der Waals surface area (Å²) in [6, 6.07) is 10.1. The van der Waals surface area contributed by atoms with Gasteiger partial charge in [-0.05, 0) is 67.6 Å². The number of methoxy groups -OCH3 is 1. The minimum Gasteiger partial charge on any atom is -0.494 e. The molecular formula is C30H36FNO6S2. The largest absolute Gasteiger partial charge is 0.494 e. The van der Waals surface area contributed by atoms with Gasteiger partial charge >= 0.3 is 0 Å². The summed E-state index contributed by atoms with van der Waals surface area (Å²) in [5.74, 6) is -1.50. The molecule has 3 rings (SSSR count). The number of sulfone groups is 1. The average molecular weight is 590 g/mol. The summed E-state index contributed by atoms with van der Waals surface area (Å²) in [4.78, 5) is 26.5. The number of nitrogens with zero attached hydrogens (tertiary/aromatic N) is 1. The monoisotopic (exact) mass is 589 g/mol. The topological polar surface area (TPSA) is 99.5 Å². The van der Waals surface area contributed by atoms with Gasteiger partial charge in [-0.25, -0.2) is 12.8 Å². The molecule has 2 aromatic carbocycles. The summed E-state index contributed by atoms with van der Waals surface area (Å²) in [6.07, 6.45) is 1.60. The molecule has 0 unspecified atom stereocenters. The lowest BCUT2D eigenvalue weighted by Gasteiger charge is -2.23. The van der Waals surface area contributed by atoms with Crippen molar-refractivity contribution in [3.63, 3.8) is 0 Å². The Morgan fingerprint density at radius 2 is 1.77 bits per heavy atom. The molecule has 0 radical (unpaired) electrons. The average Bonchev–Trinajstić information content (AvgIpc) is 2.88. The Morgan fingerprint density at radius 3 is 2.35 bits per heavy atom. The molecule has 216 valence electrons. The highest BCUT2D eigenvalue weighted by atomic mass is 32.2. The number of carbonyl (C=O) groups excluding carboxylic acids is 1. The number of aryl methyl sites for hydroxylation is 1. The van der Waals surface area contributed by atoms with Crippen molar-refractivity contribution in [1.29, 1.82) is 0 Å². The van der Waals surface area contributed by atoms with Crippen molar-refractivity contribution in [2.75, 3.05) is 18.6 Å². The standard InChI is InChI=1S/C30H36FNO6S2/c1-8-40(36,37)18-20-9-11-22(29(34)21-10-12-27(38-7)26(31)14-21)24(13-20)25-16-32(6)28(33)15-23(25)19(2)17-39(35)30(3,4)5/h9-16,19H,8,17-18H2,1-7H3/t19-,39-/m1/s1. The second kappa shape index (κ2) is 12.2. The van der Waals surface area contributed by atoms with Crippen LogP contribution in [0, 0.1) is 5.82 Å². The maximum atomic E-state index is 14.5. The number of ether oxygens (including phenoxy) is 1. The van der Waals surface area contributed by atoms with Gasteiger partial charge in [-0.1, -0.05) is 26.0 Å². The van der Waals surface area contributed by atoms with Gasteiger partial charge in [0.2, 0.25) is 0 Å². The van der Waals surface area contributed by atoms with E-state index in [1.165, 1.54) is 35.9 Å². The molecule has 2 atom stereocenters. The number of halogens is 1. The second-order valence-corrected chi connectivity index (χ2v) is 15.5. The molecule has 1 heterocycles. The highest BCUT2D eigenvalue weighted by molar-refractivity contribution is 7.90. The van der Waals surface area contributed by atoms with E-state index in [1.807, 2.05) is 27.7 Å². The molecule has 40 heavy (non-hydrogen) atoms. The molecule has 0 spiro atoms. The van der Waals surface area contributed by atoms with Crippen molar-refractivity contribution in [2.45, 2.75) is 51.0 Å². The van der Waals surface area contributed by atoms with Gasteiger partial charge in [0.15, 0.2) is 27.2 Å². The Balaban J connectivity index is 2.28. The van der Waals surface area contributed by atoms with Crippen molar-refractivity contribution in [2.24, 2.45) is 7.05 Å². The minimum atomic E-state index is -3.39. The fraction of sp³-hybridized carbons (Fsp3) is 0.400. The summed E-state index contributed by atoms with van der Waals surface area (Å²) >= 11 is 0. The van der Waals surface area contributed by atoms with E-state index in [-0.39, 0.29) is 45.6 Å². The van der Waals surface area contributed by atoms with Gasteiger partial charge in [-0.3, -0.25) is 13.8 Å². The quantitative estimate of drug-likeness (QED) is 0.308. The van der Waals surface area contributed by atoms with Crippen LogP contribution in [0.3, 0.4) is 0 Å². The Labute approximate surface area is 237 Å². The molecule has 0 saturated carbocycles. The Morgan fingerprint density at radius 1 is 1.10 bits per heavy atom. The highest BCUT2D eigenvalue weighted by Crippen LogP contribution is 2.34. The van der Waals surface area contributed by atoms with Gasteiger partial charge in [0.05, 0.1) is 12.9 Å². The molecule has 3 aromatic rings. The minimum absolute atomic E-state index is 0.00193. The van der Waals surface area contributed by atoms with E-state index < -0.39 is 37.0 Å². The number of aromatic nitrogens is 1. The Kier molecular flexibility index (Phi) is 9.57. The van der Waals surface area contributed by atoms with Crippen LogP contribution in [0.1, 0.15) is 67.6 Å². The zero-order valence-corrected chi connectivity index (χ0v) is 25.5. The molecule has 1 aromatic heterocycles. The number of rotatable bonds is 10. The molecule has 0 saturated heterocycles. The van der Waals surface area contributed by atoms with E-state index >= 15 is 0 Å². The first-order valence-corrected chi connectivity index (χ1v) is 16.0. The molecule has 0 aliphatic rings. The summed E-state index contributed by atoms with van der Waals surface area (Å²) in [7, 11) is -1.70. The molecule has 0 bridgehead atoms. The molecule has 0 aliphatic heterocycles. The van der Waals surface area contributed by atoms with Crippen LogP contribution in [0.15, 0.2) is 53.5 Å². The molecule has 0 fully saturated rings. The van der Waals surface area contributed by atoms with Crippen LogP contribution in [0.5, 0.6) is 5.75 Å². The van der Waals surface area contributed by atoms with Crippen molar-refractivity contribution >= 4 is 26.4 Å². The predicted octanol–water partition coefficient (Wildman–Crippen LogP) is 5.02. The molecule has 0 amide bonds. The van der Waals surface area contributed by atoms with Crippen molar-refractivity contribution in [1.82, 2.24) is 4.57 Å². The molecular weight excluding hydrogens is 553 g/mol. The van der Waals surface area contributed by atoms with E-state index in [9.17, 15) is 26.6 Å². The first kappa shape index (κ1) is 31.4. The van der Waals surface area contributed by atoms with Crippen LogP contribution in [-0.4, -0.2) is 46.3 Å². The zero-order chi connectivity index (χ0) is 30.0. The predicted molar refractivity (Wildman–Crippen MR) is 158 cm³/mol. The lowest BCUT2D eigenvalue weighted by atomic mass is 9.88. The summed E-state index contributed by atoms with van der Waals surface area (Å²) in [5.41, 5.74) is 2.03. The van der Waals surface area contributed by atoms with Crippen LogP contribution in [0.25, 0.3) is 11.1 Å². The maximum Gasteiger partial charge on any atom is 0.250 e. The van der Waals surface area contributed by atoms with Crippen LogP contribution in [0.4, 0.5) is 4.39 Å². The van der Waals surface area contributed by atoms with Gasteiger partial charge in [0.1, 0.15) is 0 Å². The van der Waals surface area contributed by atoms with E-state index in [0.717, 1.165) is 6.07 Å². The number of benzene rings is 2. The van der Waals surface area contributed by atoms with Gasteiger partial charge in [-0.2, -0.15) is 0 Å². The summed E-state index contributed by atoms with van der Waals surface area (Å²) < 4.78 is 58.3. The molecule has 0 N–H and O–H groups in total. The van der Waals surface area contributed by atoms with Crippen LogP contribution >= 0.6 is 0 Å². The van der Waals surface area contributed by atoms with Crippen molar-refractivity contribution < 1.29 is 26.5 Å². The third-order valence-corrected chi connectivity index (χ3v) is 10.6. The first-order chi connectivity index (χ1) is 18.6.